The van der Waals surface area contributed by atoms with E-state index in [0.29, 0.717) is 5.92 Å². The van der Waals surface area contributed by atoms with Crippen LogP contribution in [0.25, 0.3) is 10.6 Å². The number of methoxy groups -OCH3 is 1. The smallest absolute Gasteiger partial charge is 0.197 e. The number of aryl methyl sites for hydroxylation is 1. The molecule has 1 aromatic carbocycles. The Bertz CT molecular complexity index is 516. The number of hydrogen-bond acceptors (Lipinski definition) is 3. The summed E-state index contributed by atoms with van der Waals surface area (Å²) in [5.74, 6) is 0.617. The first-order valence-corrected chi connectivity index (χ1v) is 7.09. The van der Waals surface area contributed by atoms with Crippen molar-refractivity contribution in [3.63, 3.8) is 0 Å². The van der Waals surface area contributed by atoms with Crippen LogP contribution in [0, 0.1) is 6.92 Å². The first-order chi connectivity index (χ1) is 8.65. The predicted octanol–water partition coefficient (Wildman–Crippen LogP) is 4.64. The number of hydrogen-bond donors (Lipinski definition) is 0. The van der Waals surface area contributed by atoms with Crippen LogP contribution in [0.4, 0.5) is 0 Å². The minimum Gasteiger partial charge on any atom is -0.486 e. The van der Waals surface area contributed by atoms with Gasteiger partial charge in [0.2, 0.25) is 0 Å². The first-order valence-electron chi connectivity index (χ1n) is 6.27. The fourth-order valence-electron chi connectivity index (χ4n) is 1.89. The van der Waals surface area contributed by atoms with Gasteiger partial charge in [0, 0.05) is 5.56 Å². The molecule has 2 rings (SSSR count). The Hall–Kier alpha value is -1.35. The summed E-state index contributed by atoms with van der Waals surface area (Å²) < 4.78 is 5.28. The average molecular weight is 261 g/mol. The van der Waals surface area contributed by atoms with E-state index < -0.39 is 0 Å². The van der Waals surface area contributed by atoms with Crippen molar-refractivity contribution in [1.82, 2.24) is 4.98 Å². The van der Waals surface area contributed by atoms with Crippen LogP contribution in [0.15, 0.2) is 24.3 Å². The third-order valence-electron chi connectivity index (χ3n) is 3.28. The lowest BCUT2D eigenvalue weighted by Crippen LogP contribution is -1.90. The maximum absolute atomic E-state index is 5.28. The van der Waals surface area contributed by atoms with Crippen LogP contribution in [0.5, 0.6) is 5.06 Å². The Kier molecular flexibility index (Phi) is 4.02. The average Bonchev–Trinajstić information content (AvgIpc) is 2.79. The zero-order chi connectivity index (χ0) is 13.1. The van der Waals surface area contributed by atoms with Crippen molar-refractivity contribution in [2.75, 3.05) is 7.11 Å². The molecule has 96 valence electrons. The minimum atomic E-state index is 0.617. The van der Waals surface area contributed by atoms with E-state index in [1.807, 2.05) is 6.92 Å². The number of thiazole rings is 1. The van der Waals surface area contributed by atoms with Crippen molar-refractivity contribution in [3.05, 3.63) is 35.5 Å². The molecule has 0 radical (unpaired) electrons. The van der Waals surface area contributed by atoms with E-state index in [0.717, 1.165) is 15.8 Å². The molecule has 1 aromatic heterocycles. The van der Waals surface area contributed by atoms with Crippen molar-refractivity contribution in [1.29, 1.82) is 0 Å². The largest absolute Gasteiger partial charge is 0.486 e. The number of nitrogens with zero attached hydrogens (tertiary/aromatic N) is 1. The van der Waals surface area contributed by atoms with E-state index in [2.05, 4.69) is 43.1 Å². The summed E-state index contributed by atoms with van der Waals surface area (Å²) >= 11 is 1.60. The molecule has 18 heavy (non-hydrogen) atoms. The van der Waals surface area contributed by atoms with Gasteiger partial charge in [0.25, 0.3) is 0 Å². The van der Waals surface area contributed by atoms with Crippen LogP contribution in [0.3, 0.4) is 0 Å². The molecule has 0 spiro atoms. The highest BCUT2D eigenvalue weighted by molar-refractivity contribution is 7.17. The van der Waals surface area contributed by atoms with Gasteiger partial charge in [-0.1, -0.05) is 49.4 Å². The highest BCUT2D eigenvalue weighted by Gasteiger charge is 2.10. The SMILES string of the molecule is CCC(C)c1ccc(-c2nc(C)c(OC)s2)cc1. The molecule has 2 aromatic rings. The Balaban J connectivity index is 2.28. The maximum atomic E-state index is 5.28. The van der Waals surface area contributed by atoms with Gasteiger partial charge in [0.15, 0.2) is 5.06 Å². The number of ether oxygens (including phenoxy) is 1. The standard InChI is InChI=1S/C15H19NOS/c1-5-10(2)12-6-8-13(9-7-12)14-16-11(3)15(17-4)18-14/h6-10H,5H2,1-4H3. The van der Waals surface area contributed by atoms with Crippen molar-refractivity contribution in [2.24, 2.45) is 0 Å². The molecule has 0 bridgehead atoms. The molecule has 2 nitrogen and oxygen atoms in total. The second-order valence-electron chi connectivity index (χ2n) is 4.53. The Labute approximate surface area is 113 Å². The molecule has 0 aliphatic heterocycles. The van der Waals surface area contributed by atoms with Crippen LogP contribution in [0.1, 0.15) is 37.4 Å². The van der Waals surface area contributed by atoms with Crippen molar-refractivity contribution in [3.8, 4) is 15.6 Å². The fourth-order valence-corrected chi connectivity index (χ4v) is 2.77. The third-order valence-corrected chi connectivity index (χ3v) is 4.45. The molecule has 0 N–H and O–H groups in total. The summed E-state index contributed by atoms with van der Waals surface area (Å²) in [6, 6.07) is 8.71. The molecular weight excluding hydrogens is 242 g/mol. The zero-order valence-corrected chi connectivity index (χ0v) is 12.2. The van der Waals surface area contributed by atoms with Crippen molar-refractivity contribution >= 4 is 11.3 Å². The lowest BCUT2D eigenvalue weighted by atomic mass is 9.98. The third kappa shape index (κ3) is 2.56. The predicted molar refractivity (Wildman–Crippen MR) is 77.5 cm³/mol. The van der Waals surface area contributed by atoms with Gasteiger partial charge < -0.3 is 4.74 Å². The lowest BCUT2D eigenvalue weighted by Gasteiger charge is -2.08. The number of rotatable bonds is 4. The van der Waals surface area contributed by atoms with Crippen LogP contribution in [-0.4, -0.2) is 12.1 Å². The molecule has 1 heterocycles. The fraction of sp³-hybridized carbons (Fsp3) is 0.400. The zero-order valence-electron chi connectivity index (χ0n) is 11.4. The van der Waals surface area contributed by atoms with Gasteiger partial charge in [-0.05, 0) is 24.8 Å². The normalized spacial score (nSPS) is 12.4. The van der Waals surface area contributed by atoms with Gasteiger partial charge in [0.05, 0.1) is 12.8 Å². The molecule has 3 heteroatoms. The second kappa shape index (κ2) is 5.53. The lowest BCUT2D eigenvalue weighted by molar-refractivity contribution is 0.423. The molecule has 0 aliphatic rings. The number of aromatic nitrogens is 1. The summed E-state index contributed by atoms with van der Waals surface area (Å²) in [6.07, 6.45) is 1.17. The topological polar surface area (TPSA) is 22.1 Å². The quantitative estimate of drug-likeness (QED) is 0.799. The summed E-state index contributed by atoms with van der Waals surface area (Å²) in [4.78, 5) is 4.54. The summed E-state index contributed by atoms with van der Waals surface area (Å²) in [5.41, 5.74) is 3.52. The van der Waals surface area contributed by atoms with E-state index in [1.165, 1.54) is 17.5 Å². The van der Waals surface area contributed by atoms with Gasteiger partial charge in [0.1, 0.15) is 5.01 Å². The van der Waals surface area contributed by atoms with Gasteiger partial charge in [-0.2, -0.15) is 0 Å². The summed E-state index contributed by atoms with van der Waals surface area (Å²) in [6.45, 7) is 6.45. The summed E-state index contributed by atoms with van der Waals surface area (Å²) in [7, 11) is 1.69. The Morgan fingerprint density at radius 3 is 2.44 bits per heavy atom. The van der Waals surface area contributed by atoms with Crippen LogP contribution in [-0.2, 0) is 0 Å². The van der Waals surface area contributed by atoms with E-state index in [4.69, 9.17) is 4.74 Å². The summed E-state index contributed by atoms with van der Waals surface area (Å²) in [5, 5.41) is 1.93. The van der Waals surface area contributed by atoms with Gasteiger partial charge in [-0.3, -0.25) is 0 Å². The monoisotopic (exact) mass is 261 g/mol. The Morgan fingerprint density at radius 2 is 1.94 bits per heavy atom. The maximum Gasteiger partial charge on any atom is 0.197 e. The van der Waals surface area contributed by atoms with Crippen LogP contribution in [0.2, 0.25) is 0 Å². The van der Waals surface area contributed by atoms with Gasteiger partial charge in [-0.25, -0.2) is 4.98 Å². The van der Waals surface area contributed by atoms with E-state index in [1.54, 1.807) is 18.4 Å². The van der Waals surface area contributed by atoms with Gasteiger partial charge >= 0.3 is 0 Å². The van der Waals surface area contributed by atoms with Crippen molar-refractivity contribution < 1.29 is 4.74 Å². The number of benzene rings is 1. The molecule has 0 saturated heterocycles. The van der Waals surface area contributed by atoms with Crippen LogP contribution < -0.4 is 4.74 Å². The van der Waals surface area contributed by atoms with Crippen molar-refractivity contribution in [2.45, 2.75) is 33.1 Å². The molecule has 0 aliphatic carbocycles. The Morgan fingerprint density at radius 1 is 1.28 bits per heavy atom. The molecular formula is C15H19NOS. The first kappa shape index (κ1) is 13.1. The van der Waals surface area contributed by atoms with E-state index in [-0.39, 0.29) is 0 Å². The minimum absolute atomic E-state index is 0.617. The van der Waals surface area contributed by atoms with E-state index in [9.17, 15) is 0 Å². The molecule has 1 atom stereocenters. The molecule has 0 amide bonds. The molecule has 0 fully saturated rings. The second-order valence-corrected chi connectivity index (χ2v) is 5.49. The van der Waals surface area contributed by atoms with Crippen LogP contribution >= 0.6 is 11.3 Å². The highest BCUT2D eigenvalue weighted by atomic mass is 32.1. The van der Waals surface area contributed by atoms with E-state index >= 15 is 0 Å². The molecule has 1 unspecified atom stereocenters. The highest BCUT2D eigenvalue weighted by Crippen LogP contribution is 2.33. The molecule has 0 saturated carbocycles. The van der Waals surface area contributed by atoms with Gasteiger partial charge in [-0.15, -0.1) is 0 Å².